The van der Waals surface area contributed by atoms with Gasteiger partial charge in [-0.2, -0.15) is 0 Å². The topological polar surface area (TPSA) is 0 Å². The summed E-state index contributed by atoms with van der Waals surface area (Å²) in [4.78, 5) is 0. The number of quaternary nitrogens is 1. The van der Waals surface area contributed by atoms with Crippen molar-refractivity contribution in [2.45, 2.75) is 0 Å². The lowest BCUT2D eigenvalue weighted by atomic mass is 10.3. The summed E-state index contributed by atoms with van der Waals surface area (Å²) in [5.74, 6) is 10.2. The summed E-state index contributed by atoms with van der Waals surface area (Å²) < 4.78 is 0.431. The molecule has 0 aromatic carbocycles. The van der Waals surface area contributed by atoms with E-state index in [4.69, 9.17) is 25.7 Å². The smallest absolute Gasteiger partial charge is 0.142 e. The number of hydrogen-bond donors (Lipinski definition) is 0. The van der Waals surface area contributed by atoms with E-state index in [1.807, 2.05) is 0 Å². The van der Waals surface area contributed by atoms with E-state index in [0.717, 1.165) is 0 Å². The minimum atomic E-state index is 0.431. The van der Waals surface area contributed by atoms with Gasteiger partial charge in [0.05, 0.1) is 0 Å². The Bertz CT molecular complexity index is 241. The van der Waals surface area contributed by atoms with Crippen molar-refractivity contribution in [2.24, 2.45) is 0 Å². The number of nitrogens with zero attached hydrogens (tertiary/aromatic N) is 1. The summed E-state index contributed by atoms with van der Waals surface area (Å²) in [6.45, 7) is 1.94. The van der Waals surface area contributed by atoms with Gasteiger partial charge in [-0.15, -0.1) is 25.7 Å². The SMILES string of the molecule is C#CC[N+](CC#C)(CC#C)CC#C. The van der Waals surface area contributed by atoms with Crippen LogP contribution in [0.3, 0.4) is 0 Å². The molecule has 0 bridgehead atoms. The van der Waals surface area contributed by atoms with Gasteiger partial charge in [0.1, 0.15) is 26.2 Å². The lowest BCUT2D eigenvalue weighted by molar-refractivity contribution is -0.901. The van der Waals surface area contributed by atoms with Crippen LogP contribution in [0.5, 0.6) is 0 Å². The molecule has 1 nitrogen and oxygen atoms in total. The van der Waals surface area contributed by atoms with Crippen molar-refractivity contribution in [3.05, 3.63) is 0 Å². The largest absolute Gasteiger partial charge is 0.283 e. The van der Waals surface area contributed by atoms with Gasteiger partial charge in [-0.3, -0.25) is 4.48 Å². The van der Waals surface area contributed by atoms with E-state index in [1.165, 1.54) is 0 Å². The maximum Gasteiger partial charge on any atom is 0.142 e. The molecular formula is C12H12N+. The fourth-order valence-electron chi connectivity index (χ4n) is 1.11. The molecule has 0 aliphatic rings. The first-order valence-electron chi connectivity index (χ1n) is 3.83. The van der Waals surface area contributed by atoms with E-state index < -0.39 is 0 Å². The van der Waals surface area contributed by atoms with Crippen LogP contribution in [0.1, 0.15) is 0 Å². The second-order valence-electron chi connectivity index (χ2n) is 2.79. The van der Waals surface area contributed by atoms with E-state index in [1.54, 1.807) is 0 Å². The molecule has 1 heteroatoms. The predicted molar refractivity (Wildman–Crippen MR) is 55.1 cm³/mol. The second-order valence-corrected chi connectivity index (χ2v) is 2.79. The zero-order valence-corrected chi connectivity index (χ0v) is 7.59. The molecular weight excluding hydrogens is 158 g/mol. The van der Waals surface area contributed by atoms with Crippen molar-refractivity contribution in [3.8, 4) is 49.4 Å². The summed E-state index contributed by atoms with van der Waals surface area (Å²) >= 11 is 0. The summed E-state index contributed by atoms with van der Waals surface area (Å²) in [7, 11) is 0. The van der Waals surface area contributed by atoms with Crippen LogP contribution in [0.2, 0.25) is 0 Å². The van der Waals surface area contributed by atoms with Crippen LogP contribution >= 0.6 is 0 Å². The third-order valence-electron chi connectivity index (χ3n) is 1.71. The Hall–Kier alpha value is -1.80. The van der Waals surface area contributed by atoms with Crippen LogP contribution in [-0.2, 0) is 0 Å². The van der Waals surface area contributed by atoms with Gasteiger partial charge in [0, 0.05) is 0 Å². The summed E-state index contributed by atoms with van der Waals surface area (Å²) in [6.07, 6.45) is 20.9. The molecule has 0 unspecified atom stereocenters. The fraction of sp³-hybridized carbons (Fsp3) is 0.333. The van der Waals surface area contributed by atoms with Crippen LogP contribution in [-0.4, -0.2) is 30.7 Å². The zero-order valence-electron chi connectivity index (χ0n) is 7.59. The van der Waals surface area contributed by atoms with Gasteiger partial charge < -0.3 is 0 Å². The van der Waals surface area contributed by atoms with Crippen molar-refractivity contribution in [1.82, 2.24) is 0 Å². The minimum Gasteiger partial charge on any atom is -0.283 e. The van der Waals surface area contributed by atoms with Gasteiger partial charge in [-0.05, 0) is 23.7 Å². The number of terminal acetylenes is 4. The Morgan fingerprint density at radius 2 is 0.846 bits per heavy atom. The van der Waals surface area contributed by atoms with Gasteiger partial charge >= 0.3 is 0 Å². The van der Waals surface area contributed by atoms with Crippen molar-refractivity contribution >= 4 is 0 Å². The lowest BCUT2D eigenvalue weighted by Gasteiger charge is -2.31. The molecule has 0 amide bonds. The maximum atomic E-state index is 5.23. The van der Waals surface area contributed by atoms with Crippen molar-refractivity contribution in [1.29, 1.82) is 0 Å². The molecule has 64 valence electrons. The van der Waals surface area contributed by atoms with Gasteiger partial charge in [0.25, 0.3) is 0 Å². The fourth-order valence-corrected chi connectivity index (χ4v) is 1.11. The quantitative estimate of drug-likeness (QED) is 0.421. The minimum absolute atomic E-state index is 0.431. The lowest BCUT2D eigenvalue weighted by Crippen LogP contribution is -2.49. The third-order valence-corrected chi connectivity index (χ3v) is 1.71. The Labute approximate surface area is 80.7 Å². The monoisotopic (exact) mass is 170 g/mol. The van der Waals surface area contributed by atoms with Crippen molar-refractivity contribution in [3.63, 3.8) is 0 Å². The number of rotatable bonds is 4. The summed E-state index contributed by atoms with van der Waals surface area (Å²) in [6, 6.07) is 0. The van der Waals surface area contributed by atoms with E-state index in [-0.39, 0.29) is 0 Å². The van der Waals surface area contributed by atoms with Gasteiger partial charge in [-0.1, -0.05) is 0 Å². The first-order valence-corrected chi connectivity index (χ1v) is 3.83. The summed E-state index contributed by atoms with van der Waals surface area (Å²) in [5.41, 5.74) is 0. The summed E-state index contributed by atoms with van der Waals surface area (Å²) in [5, 5.41) is 0. The first kappa shape index (κ1) is 11.2. The van der Waals surface area contributed by atoms with Gasteiger partial charge in [-0.25, -0.2) is 0 Å². The van der Waals surface area contributed by atoms with E-state index in [0.29, 0.717) is 30.7 Å². The van der Waals surface area contributed by atoms with E-state index in [2.05, 4.69) is 23.7 Å². The Kier molecular flexibility index (Phi) is 5.00. The zero-order chi connectivity index (χ0) is 10.2. The Morgan fingerprint density at radius 1 is 0.615 bits per heavy atom. The normalized spacial score (nSPS) is 8.92. The maximum absolute atomic E-state index is 5.23. The Morgan fingerprint density at radius 3 is 1.00 bits per heavy atom. The van der Waals surface area contributed by atoms with Crippen molar-refractivity contribution < 1.29 is 4.48 Å². The van der Waals surface area contributed by atoms with Crippen LogP contribution in [0.4, 0.5) is 0 Å². The molecule has 0 aromatic rings. The van der Waals surface area contributed by atoms with Crippen LogP contribution < -0.4 is 0 Å². The molecule has 0 aromatic heterocycles. The molecule has 0 heterocycles. The average molecular weight is 170 g/mol. The van der Waals surface area contributed by atoms with Crippen LogP contribution in [0.15, 0.2) is 0 Å². The molecule has 0 rings (SSSR count). The van der Waals surface area contributed by atoms with E-state index in [9.17, 15) is 0 Å². The predicted octanol–water partition coefficient (Wildman–Crippen LogP) is 0.336. The molecule has 0 saturated carbocycles. The molecule has 0 saturated heterocycles. The standard InChI is InChI=1S/C12H12N/c1-5-9-13(10-6-2,11-7-3)12-8-4/h1-4H,9-12H2/q+1. The van der Waals surface area contributed by atoms with Gasteiger partial charge in [0.2, 0.25) is 0 Å². The van der Waals surface area contributed by atoms with Gasteiger partial charge in [0.15, 0.2) is 0 Å². The highest BCUT2D eigenvalue weighted by molar-refractivity contribution is 4.96. The van der Waals surface area contributed by atoms with Crippen LogP contribution in [0.25, 0.3) is 0 Å². The highest BCUT2D eigenvalue weighted by Gasteiger charge is 2.22. The number of hydrogen-bond acceptors (Lipinski definition) is 0. The van der Waals surface area contributed by atoms with Crippen LogP contribution in [0, 0.1) is 49.4 Å². The molecule has 13 heavy (non-hydrogen) atoms. The molecule has 0 aliphatic carbocycles. The third kappa shape index (κ3) is 3.40. The molecule has 0 N–H and O–H groups in total. The van der Waals surface area contributed by atoms with E-state index >= 15 is 0 Å². The first-order chi connectivity index (χ1) is 6.24. The average Bonchev–Trinajstić information content (AvgIpc) is 2.06. The molecule has 0 atom stereocenters. The molecule has 0 radical (unpaired) electrons. The second kappa shape index (κ2) is 5.80. The highest BCUT2D eigenvalue weighted by atomic mass is 15.3. The molecule has 0 spiro atoms. The molecule has 0 aliphatic heterocycles. The Balaban J connectivity index is 4.66. The van der Waals surface area contributed by atoms with Crippen molar-refractivity contribution in [2.75, 3.05) is 26.2 Å². The molecule has 0 fully saturated rings. The highest BCUT2D eigenvalue weighted by Crippen LogP contribution is 2.03.